The van der Waals surface area contributed by atoms with Crippen LogP contribution in [0.4, 0.5) is 11.4 Å². The molecule has 2 aliphatic heterocycles. The van der Waals surface area contributed by atoms with E-state index in [2.05, 4.69) is 5.43 Å². The molecule has 4 amide bonds. The lowest BCUT2D eigenvalue weighted by atomic mass is 9.49. The summed E-state index contributed by atoms with van der Waals surface area (Å²) in [5.41, 5.74) is 4.21. The van der Waals surface area contributed by atoms with Crippen molar-refractivity contribution in [3.8, 4) is 11.5 Å². The number of hydrogen-bond acceptors (Lipinski definition) is 8. The first-order chi connectivity index (χ1) is 25.7. The maximum atomic E-state index is 15.5. The number of aliphatic hydroxyl groups excluding tert-OH is 1. The first kappa shape index (κ1) is 34.9. The number of hydrazine groups is 1. The number of nitrogens with zero attached hydrogens (tertiary/aromatic N) is 2. The molecule has 2 aliphatic carbocycles. The van der Waals surface area contributed by atoms with Gasteiger partial charge in [0.25, 0.3) is 11.8 Å². The summed E-state index contributed by atoms with van der Waals surface area (Å²) in [7, 11) is 1.55. The number of allylic oxidation sites excluding steroid dienone is 2. The van der Waals surface area contributed by atoms with Crippen LogP contribution < -0.4 is 19.8 Å². The summed E-state index contributed by atoms with van der Waals surface area (Å²) < 4.78 is 11.6. The van der Waals surface area contributed by atoms with Crippen molar-refractivity contribution in [2.24, 2.45) is 23.7 Å². The lowest BCUT2D eigenvalue weighted by Crippen LogP contribution is -2.53. The largest absolute Gasteiger partial charge is 0.497 e. The SMILES string of the molecule is COc1ccc(C23C(=O)N(Nc4ccc(Cl)cc4Cl)C(=O)C2CC2C(=CCC4C(=O)N(c5ccccc5)C(=O)C42)C3c2ccccc2OCCO)cc1. The number of methoxy groups -OCH3 is 1. The topological polar surface area (TPSA) is 125 Å². The van der Waals surface area contributed by atoms with E-state index in [4.69, 9.17) is 32.7 Å². The van der Waals surface area contributed by atoms with Gasteiger partial charge in [0.1, 0.15) is 18.1 Å². The van der Waals surface area contributed by atoms with Crippen molar-refractivity contribution in [1.29, 1.82) is 0 Å². The number of ether oxygens (including phenoxy) is 2. The monoisotopic (exact) mass is 751 g/mol. The lowest BCUT2D eigenvalue weighted by Gasteiger charge is -2.50. The molecule has 6 atom stereocenters. The predicted octanol–water partition coefficient (Wildman–Crippen LogP) is 6.56. The van der Waals surface area contributed by atoms with Gasteiger partial charge in [-0.25, -0.2) is 0 Å². The molecule has 10 nitrogen and oxygen atoms in total. The van der Waals surface area contributed by atoms with Gasteiger partial charge in [0.05, 0.1) is 53.3 Å². The van der Waals surface area contributed by atoms with Gasteiger partial charge in [0, 0.05) is 16.5 Å². The van der Waals surface area contributed by atoms with E-state index >= 15 is 4.79 Å². The number of para-hydroxylation sites is 2. The second kappa shape index (κ2) is 13.7. The Hall–Kier alpha value is -5.16. The van der Waals surface area contributed by atoms with E-state index in [0.29, 0.717) is 39.0 Å². The van der Waals surface area contributed by atoms with E-state index in [1.54, 1.807) is 79.9 Å². The number of carbonyl (C=O) groups is 4. The quantitative estimate of drug-likeness (QED) is 0.146. The molecule has 6 unspecified atom stereocenters. The molecule has 0 bridgehead atoms. The highest BCUT2D eigenvalue weighted by Crippen LogP contribution is 2.65. The highest BCUT2D eigenvalue weighted by atomic mass is 35.5. The molecule has 4 aromatic rings. The van der Waals surface area contributed by atoms with Crippen molar-refractivity contribution in [1.82, 2.24) is 5.01 Å². The number of nitrogens with one attached hydrogen (secondary N) is 1. The van der Waals surface area contributed by atoms with Crippen LogP contribution in [0.25, 0.3) is 0 Å². The van der Waals surface area contributed by atoms with Gasteiger partial charge in [-0.15, -0.1) is 0 Å². The number of carbonyl (C=O) groups excluding carboxylic acids is 4. The fourth-order valence-electron chi connectivity index (χ4n) is 9.03. The fourth-order valence-corrected chi connectivity index (χ4v) is 9.48. The molecule has 4 aliphatic rings. The van der Waals surface area contributed by atoms with Gasteiger partial charge in [-0.1, -0.05) is 83.4 Å². The molecule has 2 N–H and O–H groups in total. The van der Waals surface area contributed by atoms with Crippen LogP contribution >= 0.6 is 23.2 Å². The first-order valence-corrected chi connectivity index (χ1v) is 18.2. The van der Waals surface area contributed by atoms with E-state index < -0.39 is 46.8 Å². The Morgan fingerprint density at radius 1 is 0.868 bits per heavy atom. The molecule has 2 saturated heterocycles. The van der Waals surface area contributed by atoms with Gasteiger partial charge >= 0.3 is 0 Å². The number of anilines is 2. The van der Waals surface area contributed by atoms with Crippen molar-refractivity contribution in [2.45, 2.75) is 24.2 Å². The summed E-state index contributed by atoms with van der Waals surface area (Å²) in [5, 5.41) is 11.4. The first-order valence-electron chi connectivity index (χ1n) is 17.4. The van der Waals surface area contributed by atoms with Crippen LogP contribution in [0.2, 0.25) is 10.0 Å². The second-order valence-electron chi connectivity index (χ2n) is 13.7. The normalized spacial score (nSPS) is 26.2. The molecule has 0 radical (unpaired) electrons. The van der Waals surface area contributed by atoms with Gasteiger partial charge < -0.3 is 14.6 Å². The third kappa shape index (κ3) is 5.42. The van der Waals surface area contributed by atoms with Crippen LogP contribution in [0.15, 0.2) is 109 Å². The maximum Gasteiger partial charge on any atom is 0.260 e. The zero-order valence-corrected chi connectivity index (χ0v) is 30.1. The van der Waals surface area contributed by atoms with Crippen molar-refractivity contribution in [3.05, 3.63) is 130 Å². The minimum Gasteiger partial charge on any atom is -0.497 e. The number of fused-ring (bicyclic) bond motifs is 4. The predicted molar refractivity (Wildman–Crippen MR) is 199 cm³/mol. The molecule has 2 heterocycles. The molecule has 53 heavy (non-hydrogen) atoms. The van der Waals surface area contributed by atoms with Gasteiger partial charge in [0.2, 0.25) is 11.8 Å². The Morgan fingerprint density at radius 2 is 1.60 bits per heavy atom. The van der Waals surface area contributed by atoms with Crippen molar-refractivity contribution in [3.63, 3.8) is 0 Å². The van der Waals surface area contributed by atoms with E-state index in [0.717, 1.165) is 10.6 Å². The number of benzene rings is 4. The number of imide groups is 2. The Bertz CT molecular complexity index is 2160. The third-order valence-corrected chi connectivity index (χ3v) is 11.7. The highest BCUT2D eigenvalue weighted by molar-refractivity contribution is 6.36. The second-order valence-corrected chi connectivity index (χ2v) is 14.5. The van der Waals surface area contributed by atoms with E-state index in [9.17, 15) is 19.5 Å². The summed E-state index contributed by atoms with van der Waals surface area (Å²) in [5.74, 6) is -4.44. The standard InChI is InChI=1S/C41H35Cl2N3O7/c1-52-26-14-11-23(12-15-26)41-31(38(49)46(40(41)51)44-33-18-13-24(42)21-32(33)43)22-30-27(36(41)28-9-5-6-10-34(28)53-20-19-47)16-17-29-35(30)39(50)45(37(29)48)25-7-3-2-4-8-25/h2-16,18,21,29-31,35-36,44,47H,17,19-20,22H2,1H3. The van der Waals surface area contributed by atoms with Gasteiger partial charge in [-0.2, -0.15) is 5.01 Å². The molecular weight excluding hydrogens is 717 g/mol. The average Bonchev–Trinajstić information content (AvgIpc) is 3.56. The molecule has 270 valence electrons. The Kier molecular flexibility index (Phi) is 9.00. The van der Waals surface area contributed by atoms with Gasteiger partial charge in [-0.3, -0.25) is 29.5 Å². The fraction of sp³-hybridized carbons (Fsp3) is 0.268. The van der Waals surface area contributed by atoms with E-state index in [-0.39, 0.29) is 42.9 Å². The number of aliphatic hydroxyl groups is 1. The molecule has 0 aromatic heterocycles. The Balaban J connectivity index is 1.35. The van der Waals surface area contributed by atoms with Crippen molar-refractivity contribution >= 4 is 58.2 Å². The van der Waals surface area contributed by atoms with E-state index in [1.165, 1.54) is 11.0 Å². The number of halogens is 2. The Morgan fingerprint density at radius 3 is 2.32 bits per heavy atom. The molecule has 1 saturated carbocycles. The van der Waals surface area contributed by atoms with Crippen molar-refractivity contribution < 1.29 is 33.8 Å². The van der Waals surface area contributed by atoms with Gasteiger partial charge in [0.15, 0.2) is 0 Å². The van der Waals surface area contributed by atoms with Crippen molar-refractivity contribution in [2.75, 3.05) is 30.6 Å². The van der Waals surface area contributed by atoms with Crippen LogP contribution in [-0.2, 0) is 24.6 Å². The highest BCUT2D eigenvalue weighted by Gasteiger charge is 2.70. The minimum absolute atomic E-state index is 0.00940. The van der Waals surface area contributed by atoms with Crippen LogP contribution in [-0.4, -0.2) is 54.1 Å². The van der Waals surface area contributed by atoms with E-state index in [1.807, 2.05) is 24.3 Å². The van der Waals surface area contributed by atoms with Crippen LogP contribution in [0, 0.1) is 23.7 Å². The smallest absolute Gasteiger partial charge is 0.260 e. The summed E-state index contributed by atoms with van der Waals surface area (Å²) >= 11 is 12.7. The number of rotatable bonds is 9. The number of hydrogen-bond donors (Lipinski definition) is 2. The number of amides is 4. The third-order valence-electron chi connectivity index (χ3n) is 11.2. The molecule has 4 aromatic carbocycles. The zero-order valence-electron chi connectivity index (χ0n) is 28.6. The van der Waals surface area contributed by atoms with Crippen LogP contribution in [0.5, 0.6) is 11.5 Å². The summed E-state index contributed by atoms with van der Waals surface area (Å²) in [6.07, 6.45) is 2.38. The Labute approximate surface area is 315 Å². The maximum absolute atomic E-state index is 15.5. The summed E-state index contributed by atoms with van der Waals surface area (Å²) in [6.45, 7) is -0.256. The molecule has 3 fully saturated rings. The lowest BCUT2D eigenvalue weighted by molar-refractivity contribution is -0.138. The van der Waals surface area contributed by atoms with Gasteiger partial charge in [-0.05, 0) is 72.9 Å². The van der Waals surface area contributed by atoms with Crippen LogP contribution in [0.3, 0.4) is 0 Å². The average molecular weight is 753 g/mol. The van der Waals surface area contributed by atoms with Crippen LogP contribution in [0.1, 0.15) is 29.9 Å². The molecular formula is C41H35Cl2N3O7. The zero-order chi connectivity index (χ0) is 37.0. The summed E-state index contributed by atoms with van der Waals surface area (Å²) in [6, 6.07) is 27.9. The minimum atomic E-state index is -1.55. The molecule has 8 rings (SSSR count). The molecule has 12 heteroatoms. The molecule has 0 spiro atoms. The summed E-state index contributed by atoms with van der Waals surface area (Å²) in [4.78, 5) is 60.2.